The molecule has 0 fully saturated rings. The third-order valence-electron chi connectivity index (χ3n) is 4.38. The number of para-hydroxylation sites is 1. The van der Waals surface area contributed by atoms with Gasteiger partial charge in [-0.1, -0.05) is 54.1 Å². The highest BCUT2D eigenvalue weighted by Crippen LogP contribution is 2.27. The second kappa shape index (κ2) is 9.34. The number of halogens is 1. The van der Waals surface area contributed by atoms with Gasteiger partial charge in [0.2, 0.25) is 17.7 Å². The van der Waals surface area contributed by atoms with E-state index in [-0.39, 0.29) is 12.5 Å². The van der Waals surface area contributed by atoms with Crippen LogP contribution in [0.2, 0.25) is 5.02 Å². The molecule has 30 heavy (non-hydrogen) atoms. The van der Waals surface area contributed by atoms with Crippen LogP contribution in [-0.2, 0) is 11.3 Å². The molecule has 0 aliphatic carbocycles. The average Bonchev–Trinajstić information content (AvgIpc) is 3.34. The Labute approximate surface area is 182 Å². The molecule has 1 N–H and O–H groups in total. The highest BCUT2D eigenvalue weighted by atomic mass is 35.5. The monoisotopic (exact) mass is 441 g/mol. The number of thiazole rings is 1. The van der Waals surface area contributed by atoms with Crippen LogP contribution in [0.1, 0.15) is 19.2 Å². The zero-order chi connectivity index (χ0) is 20.9. The number of nitrogens with zero attached hydrogens (tertiary/aromatic N) is 4. The largest absolute Gasteiger partial charge is 0.419 e. The SMILES string of the molecule is CCCN(CC(=O)Nc1nc2ccccc2s1)Cc1nnc(-c2ccccc2Cl)o1. The first-order valence-corrected chi connectivity index (χ1v) is 10.8. The molecule has 2 aromatic carbocycles. The maximum atomic E-state index is 12.6. The van der Waals surface area contributed by atoms with Gasteiger partial charge in [0.1, 0.15) is 0 Å². The van der Waals surface area contributed by atoms with E-state index < -0.39 is 0 Å². The van der Waals surface area contributed by atoms with Gasteiger partial charge in [-0.05, 0) is 37.2 Å². The molecule has 0 atom stereocenters. The van der Waals surface area contributed by atoms with Crippen molar-refractivity contribution >= 4 is 44.2 Å². The van der Waals surface area contributed by atoms with Crippen LogP contribution in [0.15, 0.2) is 52.9 Å². The van der Waals surface area contributed by atoms with Gasteiger partial charge in [-0.2, -0.15) is 0 Å². The highest BCUT2D eigenvalue weighted by Gasteiger charge is 2.17. The van der Waals surface area contributed by atoms with E-state index in [9.17, 15) is 4.79 Å². The average molecular weight is 442 g/mol. The molecule has 0 saturated heterocycles. The molecule has 0 bridgehead atoms. The number of amides is 1. The predicted molar refractivity (Wildman–Crippen MR) is 119 cm³/mol. The number of benzene rings is 2. The van der Waals surface area contributed by atoms with Crippen molar-refractivity contribution in [2.75, 3.05) is 18.4 Å². The molecule has 4 rings (SSSR count). The first-order chi connectivity index (χ1) is 14.6. The Morgan fingerprint density at radius 3 is 2.77 bits per heavy atom. The minimum absolute atomic E-state index is 0.131. The Hall–Kier alpha value is -2.81. The smallest absolute Gasteiger partial charge is 0.249 e. The van der Waals surface area contributed by atoms with Crippen LogP contribution >= 0.6 is 22.9 Å². The Kier molecular flexibility index (Phi) is 6.37. The molecule has 0 saturated carbocycles. The predicted octanol–water partition coefficient (Wildman–Crippen LogP) is 4.85. The van der Waals surface area contributed by atoms with Gasteiger partial charge in [-0.15, -0.1) is 10.2 Å². The van der Waals surface area contributed by atoms with Crippen molar-refractivity contribution in [1.82, 2.24) is 20.1 Å². The summed E-state index contributed by atoms with van der Waals surface area (Å²) < 4.78 is 6.81. The zero-order valence-electron chi connectivity index (χ0n) is 16.3. The van der Waals surface area contributed by atoms with Gasteiger partial charge in [0.25, 0.3) is 0 Å². The van der Waals surface area contributed by atoms with E-state index in [0.717, 1.165) is 23.2 Å². The van der Waals surface area contributed by atoms with Crippen molar-refractivity contribution in [3.63, 3.8) is 0 Å². The first kappa shape index (κ1) is 20.5. The minimum Gasteiger partial charge on any atom is -0.419 e. The summed E-state index contributed by atoms with van der Waals surface area (Å²) in [4.78, 5) is 19.0. The summed E-state index contributed by atoms with van der Waals surface area (Å²) in [7, 11) is 0. The molecule has 7 nitrogen and oxygen atoms in total. The van der Waals surface area contributed by atoms with Crippen molar-refractivity contribution < 1.29 is 9.21 Å². The molecule has 0 aliphatic heterocycles. The maximum Gasteiger partial charge on any atom is 0.249 e. The van der Waals surface area contributed by atoms with Crippen LogP contribution < -0.4 is 5.32 Å². The summed E-state index contributed by atoms with van der Waals surface area (Å²) in [6, 6.07) is 15.1. The van der Waals surface area contributed by atoms with E-state index in [1.807, 2.05) is 47.4 Å². The van der Waals surface area contributed by atoms with Crippen molar-refractivity contribution in [2.45, 2.75) is 19.9 Å². The summed E-state index contributed by atoms with van der Waals surface area (Å²) in [6.45, 7) is 3.35. The van der Waals surface area contributed by atoms with Gasteiger partial charge >= 0.3 is 0 Å². The van der Waals surface area contributed by atoms with Crippen LogP contribution in [0, 0.1) is 0 Å². The number of aromatic nitrogens is 3. The number of hydrogen-bond donors (Lipinski definition) is 1. The second-order valence-electron chi connectivity index (χ2n) is 6.73. The summed E-state index contributed by atoms with van der Waals surface area (Å²) in [6.07, 6.45) is 0.889. The molecule has 2 aromatic heterocycles. The molecule has 0 radical (unpaired) electrons. The normalized spacial score (nSPS) is 11.3. The van der Waals surface area contributed by atoms with E-state index >= 15 is 0 Å². The van der Waals surface area contributed by atoms with Crippen molar-refractivity contribution in [2.24, 2.45) is 0 Å². The lowest BCUT2D eigenvalue weighted by Gasteiger charge is -2.18. The summed E-state index contributed by atoms with van der Waals surface area (Å²) in [5.74, 6) is 0.672. The molecular formula is C21H20ClN5O2S. The standard InChI is InChI=1S/C21H20ClN5O2S/c1-2-11-27(12-18(28)24-21-23-16-9-5-6-10-17(16)30-21)13-19-25-26-20(29-19)14-7-3-4-8-15(14)22/h3-10H,2,11-13H2,1H3,(H,23,24,28). The Bertz CT molecular complexity index is 1130. The molecule has 1 amide bonds. The Balaban J connectivity index is 1.41. The van der Waals surface area contributed by atoms with Gasteiger partial charge in [0.15, 0.2) is 5.13 Å². The molecule has 2 heterocycles. The van der Waals surface area contributed by atoms with Gasteiger partial charge in [0, 0.05) is 0 Å². The van der Waals surface area contributed by atoms with E-state index in [4.69, 9.17) is 16.0 Å². The number of hydrogen-bond acceptors (Lipinski definition) is 7. The number of fused-ring (bicyclic) bond motifs is 1. The number of nitrogens with one attached hydrogen (secondary N) is 1. The third kappa shape index (κ3) is 4.84. The molecule has 0 unspecified atom stereocenters. The lowest BCUT2D eigenvalue weighted by molar-refractivity contribution is -0.117. The molecular weight excluding hydrogens is 422 g/mol. The Morgan fingerprint density at radius 1 is 1.17 bits per heavy atom. The van der Waals surface area contributed by atoms with Gasteiger partial charge < -0.3 is 9.73 Å². The van der Waals surface area contributed by atoms with Gasteiger partial charge in [-0.25, -0.2) is 4.98 Å². The molecule has 0 spiro atoms. The number of carbonyl (C=O) groups is 1. The van der Waals surface area contributed by atoms with Gasteiger partial charge in [-0.3, -0.25) is 9.69 Å². The number of anilines is 1. The van der Waals surface area contributed by atoms with Crippen molar-refractivity contribution in [3.05, 3.63) is 59.4 Å². The fraction of sp³-hybridized carbons (Fsp3) is 0.238. The molecule has 0 aliphatic rings. The maximum absolute atomic E-state index is 12.6. The fourth-order valence-electron chi connectivity index (χ4n) is 3.07. The molecule has 154 valence electrons. The third-order valence-corrected chi connectivity index (χ3v) is 5.66. The topological polar surface area (TPSA) is 84.2 Å². The van der Waals surface area contributed by atoms with Crippen LogP contribution in [0.5, 0.6) is 0 Å². The van der Waals surface area contributed by atoms with E-state index in [1.54, 1.807) is 6.07 Å². The van der Waals surface area contributed by atoms with E-state index in [1.165, 1.54) is 11.3 Å². The van der Waals surface area contributed by atoms with Crippen LogP contribution in [-0.4, -0.2) is 39.1 Å². The van der Waals surface area contributed by atoms with Crippen LogP contribution in [0.4, 0.5) is 5.13 Å². The Morgan fingerprint density at radius 2 is 1.97 bits per heavy atom. The summed E-state index contributed by atoms with van der Waals surface area (Å²) >= 11 is 7.66. The fourth-order valence-corrected chi connectivity index (χ4v) is 4.17. The van der Waals surface area contributed by atoms with Crippen molar-refractivity contribution in [1.29, 1.82) is 0 Å². The van der Waals surface area contributed by atoms with Crippen molar-refractivity contribution in [3.8, 4) is 11.5 Å². The van der Waals surface area contributed by atoms with Crippen LogP contribution in [0.3, 0.4) is 0 Å². The first-order valence-electron chi connectivity index (χ1n) is 9.57. The number of carbonyl (C=O) groups excluding carboxylic acids is 1. The summed E-state index contributed by atoms with van der Waals surface area (Å²) in [5.41, 5.74) is 1.56. The van der Waals surface area contributed by atoms with E-state index in [0.29, 0.717) is 34.0 Å². The van der Waals surface area contributed by atoms with Crippen LogP contribution in [0.25, 0.3) is 21.7 Å². The second-order valence-corrected chi connectivity index (χ2v) is 8.16. The minimum atomic E-state index is -0.131. The number of rotatable bonds is 8. The lowest BCUT2D eigenvalue weighted by Crippen LogP contribution is -2.33. The molecule has 4 aromatic rings. The quantitative estimate of drug-likeness (QED) is 0.420. The highest BCUT2D eigenvalue weighted by molar-refractivity contribution is 7.22. The lowest BCUT2D eigenvalue weighted by atomic mass is 10.2. The van der Waals surface area contributed by atoms with E-state index in [2.05, 4.69) is 27.4 Å². The van der Waals surface area contributed by atoms with Gasteiger partial charge in [0.05, 0.1) is 33.9 Å². The molecule has 9 heteroatoms. The zero-order valence-corrected chi connectivity index (χ0v) is 17.9. The summed E-state index contributed by atoms with van der Waals surface area (Å²) in [5, 5.41) is 12.2.